The Hall–Kier alpha value is -1.87. The van der Waals surface area contributed by atoms with Crippen molar-refractivity contribution in [3.63, 3.8) is 0 Å². The van der Waals surface area contributed by atoms with E-state index in [2.05, 4.69) is 91.6 Å². The summed E-state index contributed by atoms with van der Waals surface area (Å²) in [5.41, 5.74) is 3.79. The van der Waals surface area contributed by atoms with Crippen LogP contribution >= 0.6 is 11.8 Å². The van der Waals surface area contributed by atoms with Crippen molar-refractivity contribution in [3.8, 4) is 0 Å². The molecule has 0 bridgehead atoms. The van der Waals surface area contributed by atoms with Crippen molar-refractivity contribution in [3.05, 3.63) is 60.2 Å². The summed E-state index contributed by atoms with van der Waals surface area (Å²) in [7, 11) is 6.28. The summed E-state index contributed by atoms with van der Waals surface area (Å²) in [5, 5.41) is 0.371. The summed E-state index contributed by atoms with van der Waals surface area (Å²) in [5.74, 6) is 0. The van der Waals surface area contributed by atoms with Crippen molar-refractivity contribution in [2.45, 2.75) is 10.3 Å². The lowest BCUT2D eigenvalue weighted by Gasteiger charge is -2.18. The maximum atomic E-state index is 2.32. The van der Waals surface area contributed by atoms with Crippen LogP contribution in [0.1, 0.15) is 5.56 Å². The fourth-order valence-electron chi connectivity index (χ4n) is 2.44. The van der Waals surface area contributed by atoms with Gasteiger partial charge in [-0.3, -0.25) is 0 Å². The summed E-state index contributed by atoms with van der Waals surface area (Å²) < 4.78 is 0. The fourth-order valence-corrected chi connectivity index (χ4v) is 3.62. The Bertz CT molecular complexity index is 647. The lowest BCUT2D eigenvalue weighted by molar-refractivity contribution is 0.993. The van der Waals surface area contributed by atoms with Gasteiger partial charge in [0.2, 0.25) is 0 Å². The monoisotopic (exact) mass is 296 g/mol. The molecule has 2 aromatic rings. The molecular formula is C18H20N2S. The minimum atomic E-state index is 0.371. The van der Waals surface area contributed by atoms with Crippen molar-refractivity contribution in [2.75, 3.05) is 30.9 Å². The van der Waals surface area contributed by atoms with E-state index in [0.29, 0.717) is 5.37 Å². The average Bonchev–Trinajstić information content (AvgIpc) is 2.82. The lowest BCUT2D eigenvalue weighted by atomic mass is 10.2. The number of hydrogen-bond acceptors (Lipinski definition) is 3. The predicted octanol–water partition coefficient (Wildman–Crippen LogP) is 4.33. The molecule has 0 saturated carbocycles. The third kappa shape index (κ3) is 2.93. The number of nitrogens with zero attached hydrogens (tertiary/aromatic N) is 2. The number of anilines is 2. The van der Waals surface area contributed by atoms with Crippen LogP contribution in [0.2, 0.25) is 0 Å². The first kappa shape index (κ1) is 14.1. The highest BCUT2D eigenvalue weighted by atomic mass is 32.2. The molecule has 0 fully saturated rings. The molecule has 1 aliphatic heterocycles. The normalized spacial score (nSPS) is 17.3. The van der Waals surface area contributed by atoms with E-state index in [1.165, 1.54) is 21.8 Å². The second kappa shape index (κ2) is 5.86. The Morgan fingerprint density at radius 3 is 2.43 bits per heavy atom. The molecule has 0 saturated heterocycles. The molecule has 21 heavy (non-hydrogen) atoms. The second-order valence-corrected chi connectivity index (χ2v) is 6.59. The van der Waals surface area contributed by atoms with Crippen molar-refractivity contribution in [2.24, 2.45) is 0 Å². The van der Waals surface area contributed by atoms with E-state index < -0.39 is 0 Å². The van der Waals surface area contributed by atoms with E-state index in [-0.39, 0.29) is 0 Å². The Balaban J connectivity index is 1.73. The largest absolute Gasteiger partial charge is 0.378 e. The van der Waals surface area contributed by atoms with Crippen molar-refractivity contribution < 1.29 is 0 Å². The number of rotatable bonds is 3. The molecule has 108 valence electrons. The van der Waals surface area contributed by atoms with Gasteiger partial charge in [-0.05, 0) is 29.8 Å². The van der Waals surface area contributed by atoms with Crippen molar-refractivity contribution in [1.82, 2.24) is 0 Å². The molecule has 1 aliphatic rings. The Morgan fingerprint density at radius 2 is 1.76 bits per heavy atom. The van der Waals surface area contributed by atoms with Crippen LogP contribution in [0.25, 0.3) is 6.08 Å². The molecule has 0 N–H and O–H groups in total. The molecule has 1 heterocycles. The number of likely N-dealkylation sites (N-methyl/N-ethyl adjacent to an activating group) is 1. The van der Waals surface area contributed by atoms with Crippen LogP contribution < -0.4 is 9.80 Å². The zero-order valence-corrected chi connectivity index (χ0v) is 13.5. The molecule has 0 aliphatic carbocycles. The SMILES string of the molecule is CN(C)c1ccc(C=CC2Sc3ccccc3N2C)cc1. The summed E-state index contributed by atoms with van der Waals surface area (Å²) in [6.07, 6.45) is 4.48. The number of fused-ring (bicyclic) bond motifs is 1. The van der Waals surface area contributed by atoms with E-state index in [1.54, 1.807) is 0 Å². The molecule has 0 amide bonds. The number of para-hydroxylation sites is 1. The van der Waals surface area contributed by atoms with Gasteiger partial charge >= 0.3 is 0 Å². The van der Waals surface area contributed by atoms with Crippen LogP contribution in [0.5, 0.6) is 0 Å². The fraction of sp³-hybridized carbons (Fsp3) is 0.222. The van der Waals surface area contributed by atoms with Crippen LogP contribution in [-0.4, -0.2) is 26.5 Å². The summed E-state index contributed by atoms with van der Waals surface area (Å²) >= 11 is 1.90. The molecular weight excluding hydrogens is 276 g/mol. The first-order chi connectivity index (χ1) is 10.1. The van der Waals surface area contributed by atoms with Gasteiger partial charge in [0.05, 0.1) is 11.1 Å². The molecule has 3 rings (SSSR count). The van der Waals surface area contributed by atoms with E-state index >= 15 is 0 Å². The summed E-state index contributed by atoms with van der Waals surface area (Å²) in [4.78, 5) is 5.80. The lowest BCUT2D eigenvalue weighted by Crippen LogP contribution is -2.21. The van der Waals surface area contributed by atoms with Gasteiger partial charge in [-0.1, -0.05) is 48.2 Å². The third-order valence-corrected chi connectivity index (χ3v) is 5.05. The van der Waals surface area contributed by atoms with Gasteiger partial charge in [0.1, 0.15) is 0 Å². The van der Waals surface area contributed by atoms with E-state index in [1.807, 2.05) is 11.8 Å². The quantitative estimate of drug-likeness (QED) is 0.832. The molecule has 2 aromatic carbocycles. The Labute approximate surface area is 131 Å². The highest BCUT2D eigenvalue weighted by Gasteiger charge is 2.24. The number of benzene rings is 2. The summed E-state index contributed by atoms with van der Waals surface area (Å²) in [6, 6.07) is 17.2. The van der Waals surface area contributed by atoms with Crippen LogP contribution in [0.3, 0.4) is 0 Å². The molecule has 0 spiro atoms. The van der Waals surface area contributed by atoms with Gasteiger partial charge in [0, 0.05) is 31.7 Å². The molecule has 2 nitrogen and oxygen atoms in total. The van der Waals surface area contributed by atoms with Gasteiger partial charge in [0.25, 0.3) is 0 Å². The number of hydrogen-bond donors (Lipinski definition) is 0. The van der Waals surface area contributed by atoms with Crippen LogP contribution in [0, 0.1) is 0 Å². The predicted molar refractivity (Wildman–Crippen MR) is 94.3 cm³/mol. The average molecular weight is 296 g/mol. The maximum Gasteiger partial charge on any atom is 0.0983 e. The van der Waals surface area contributed by atoms with Crippen LogP contribution in [0.4, 0.5) is 11.4 Å². The zero-order chi connectivity index (χ0) is 14.8. The van der Waals surface area contributed by atoms with E-state index in [0.717, 1.165) is 0 Å². The smallest absolute Gasteiger partial charge is 0.0983 e. The molecule has 3 heteroatoms. The molecule has 1 atom stereocenters. The second-order valence-electron chi connectivity index (χ2n) is 5.43. The minimum Gasteiger partial charge on any atom is -0.378 e. The minimum absolute atomic E-state index is 0.371. The van der Waals surface area contributed by atoms with Gasteiger partial charge in [-0.15, -0.1) is 0 Å². The van der Waals surface area contributed by atoms with E-state index in [4.69, 9.17) is 0 Å². The first-order valence-corrected chi connectivity index (χ1v) is 7.97. The summed E-state index contributed by atoms with van der Waals surface area (Å²) in [6.45, 7) is 0. The zero-order valence-electron chi connectivity index (χ0n) is 12.7. The number of thioether (sulfide) groups is 1. The van der Waals surface area contributed by atoms with Gasteiger partial charge < -0.3 is 9.80 Å². The molecule has 0 radical (unpaired) electrons. The van der Waals surface area contributed by atoms with E-state index in [9.17, 15) is 0 Å². The van der Waals surface area contributed by atoms with Gasteiger partial charge in [-0.25, -0.2) is 0 Å². The van der Waals surface area contributed by atoms with Gasteiger partial charge in [-0.2, -0.15) is 0 Å². The molecule has 1 unspecified atom stereocenters. The highest BCUT2D eigenvalue weighted by molar-refractivity contribution is 8.00. The maximum absolute atomic E-state index is 2.32. The first-order valence-electron chi connectivity index (χ1n) is 7.09. The standard InChI is InChI=1S/C18H20N2S/c1-19(2)15-11-8-14(9-12-15)10-13-18-20(3)16-6-4-5-7-17(16)21-18/h4-13,18H,1-3H3. The van der Waals surface area contributed by atoms with Crippen LogP contribution in [-0.2, 0) is 0 Å². The van der Waals surface area contributed by atoms with Gasteiger partial charge in [0.15, 0.2) is 0 Å². The third-order valence-electron chi connectivity index (χ3n) is 3.74. The molecule has 0 aromatic heterocycles. The Morgan fingerprint density at radius 1 is 1.05 bits per heavy atom. The topological polar surface area (TPSA) is 6.48 Å². The Kier molecular flexibility index (Phi) is 3.93. The highest BCUT2D eigenvalue weighted by Crippen LogP contribution is 2.42. The van der Waals surface area contributed by atoms with Crippen molar-refractivity contribution in [1.29, 1.82) is 0 Å². The van der Waals surface area contributed by atoms with Crippen molar-refractivity contribution >= 4 is 29.2 Å². The van der Waals surface area contributed by atoms with Crippen LogP contribution in [0.15, 0.2) is 59.5 Å².